The quantitative estimate of drug-likeness (QED) is 0.672. The average Bonchev–Trinajstić information content (AvgIpc) is 3.09. The molecular formula is C14H21N. The van der Waals surface area contributed by atoms with Crippen LogP contribution in [0.5, 0.6) is 0 Å². The monoisotopic (exact) mass is 203 g/mol. The number of rotatable bonds is 7. The summed E-state index contributed by atoms with van der Waals surface area (Å²) in [6.45, 7) is 2.32. The fourth-order valence-electron chi connectivity index (χ4n) is 1.92. The van der Waals surface area contributed by atoms with Gasteiger partial charge in [0, 0.05) is 0 Å². The van der Waals surface area contributed by atoms with Crippen molar-refractivity contribution in [3.05, 3.63) is 35.9 Å². The van der Waals surface area contributed by atoms with Crippen molar-refractivity contribution in [1.29, 1.82) is 0 Å². The lowest BCUT2D eigenvalue weighted by atomic mass is 10.1. The second kappa shape index (κ2) is 5.92. The Bertz CT molecular complexity index is 264. The van der Waals surface area contributed by atoms with Gasteiger partial charge in [0.15, 0.2) is 0 Å². The maximum absolute atomic E-state index is 3.52. The van der Waals surface area contributed by atoms with E-state index in [2.05, 4.69) is 35.6 Å². The number of hydrogen-bond donors (Lipinski definition) is 1. The molecule has 15 heavy (non-hydrogen) atoms. The van der Waals surface area contributed by atoms with Crippen molar-refractivity contribution < 1.29 is 0 Å². The molecule has 0 amide bonds. The molecular weight excluding hydrogens is 182 g/mol. The van der Waals surface area contributed by atoms with Crippen LogP contribution in [0, 0.1) is 5.92 Å². The predicted molar refractivity (Wildman–Crippen MR) is 65.0 cm³/mol. The molecule has 82 valence electrons. The summed E-state index contributed by atoms with van der Waals surface area (Å²) in [7, 11) is 0. The fraction of sp³-hybridized carbons (Fsp3) is 0.571. The zero-order chi connectivity index (χ0) is 10.3. The molecule has 1 aromatic carbocycles. The minimum absolute atomic E-state index is 1.08. The molecule has 0 unspecified atom stereocenters. The molecule has 0 saturated heterocycles. The van der Waals surface area contributed by atoms with Gasteiger partial charge in [0.2, 0.25) is 0 Å². The van der Waals surface area contributed by atoms with E-state index in [1.54, 1.807) is 0 Å². The van der Waals surface area contributed by atoms with Gasteiger partial charge in [-0.2, -0.15) is 0 Å². The van der Waals surface area contributed by atoms with Gasteiger partial charge in [-0.25, -0.2) is 0 Å². The van der Waals surface area contributed by atoms with Crippen LogP contribution in [-0.2, 0) is 6.42 Å². The number of benzene rings is 1. The van der Waals surface area contributed by atoms with Crippen LogP contribution < -0.4 is 5.32 Å². The molecule has 0 atom stereocenters. The number of hydrogen-bond acceptors (Lipinski definition) is 1. The zero-order valence-corrected chi connectivity index (χ0v) is 9.41. The fourth-order valence-corrected chi connectivity index (χ4v) is 1.92. The van der Waals surface area contributed by atoms with E-state index in [-0.39, 0.29) is 0 Å². The molecule has 2 rings (SSSR count). The molecule has 1 N–H and O–H groups in total. The zero-order valence-electron chi connectivity index (χ0n) is 9.41. The Morgan fingerprint density at radius 1 is 1.07 bits per heavy atom. The lowest BCUT2D eigenvalue weighted by Crippen LogP contribution is -2.18. The Balaban J connectivity index is 1.47. The van der Waals surface area contributed by atoms with Crippen LogP contribution in [0.25, 0.3) is 0 Å². The summed E-state index contributed by atoms with van der Waals surface area (Å²) in [6, 6.07) is 10.7. The van der Waals surface area contributed by atoms with Crippen LogP contribution in [0.2, 0.25) is 0 Å². The summed E-state index contributed by atoms with van der Waals surface area (Å²) >= 11 is 0. The molecule has 1 nitrogen and oxygen atoms in total. The van der Waals surface area contributed by atoms with Gasteiger partial charge < -0.3 is 5.32 Å². The molecule has 0 aromatic heterocycles. The predicted octanol–water partition coefficient (Wildman–Crippen LogP) is 3.01. The van der Waals surface area contributed by atoms with E-state index in [1.807, 2.05) is 0 Å². The van der Waals surface area contributed by atoms with E-state index < -0.39 is 0 Å². The lowest BCUT2D eigenvalue weighted by Gasteiger charge is -2.04. The first-order valence-corrected chi connectivity index (χ1v) is 6.20. The summed E-state index contributed by atoms with van der Waals surface area (Å²) < 4.78 is 0. The first-order chi connectivity index (χ1) is 7.45. The largest absolute Gasteiger partial charge is 0.316 e. The molecule has 1 heteroatoms. The van der Waals surface area contributed by atoms with Gasteiger partial charge in [0.25, 0.3) is 0 Å². The minimum Gasteiger partial charge on any atom is -0.316 e. The third-order valence-electron chi connectivity index (χ3n) is 3.10. The molecule has 1 aliphatic carbocycles. The van der Waals surface area contributed by atoms with Crippen LogP contribution in [0.4, 0.5) is 0 Å². The Morgan fingerprint density at radius 3 is 2.60 bits per heavy atom. The Hall–Kier alpha value is -0.820. The van der Waals surface area contributed by atoms with Gasteiger partial charge in [-0.05, 0) is 43.8 Å². The highest BCUT2D eigenvalue weighted by molar-refractivity contribution is 5.14. The first-order valence-electron chi connectivity index (χ1n) is 6.20. The Morgan fingerprint density at radius 2 is 1.87 bits per heavy atom. The van der Waals surface area contributed by atoms with Crippen LogP contribution in [0.3, 0.4) is 0 Å². The molecule has 0 heterocycles. The van der Waals surface area contributed by atoms with Gasteiger partial charge >= 0.3 is 0 Å². The van der Waals surface area contributed by atoms with Crippen molar-refractivity contribution in [3.63, 3.8) is 0 Å². The normalized spacial score (nSPS) is 15.5. The van der Waals surface area contributed by atoms with Gasteiger partial charge in [0.1, 0.15) is 0 Å². The van der Waals surface area contributed by atoms with Crippen LogP contribution in [0.1, 0.15) is 31.2 Å². The van der Waals surface area contributed by atoms with Crippen LogP contribution >= 0.6 is 0 Å². The van der Waals surface area contributed by atoms with Crippen molar-refractivity contribution in [2.75, 3.05) is 13.1 Å². The maximum atomic E-state index is 3.52. The molecule has 0 spiro atoms. The highest BCUT2D eigenvalue weighted by atomic mass is 14.8. The molecule has 1 aromatic rings. The topological polar surface area (TPSA) is 12.0 Å². The minimum atomic E-state index is 1.08. The van der Waals surface area contributed by atoms with Crippen LogP contribution in [-0.4, -0.2) is 13.1 Å². The van der Waals surface area contributed by atoms with Crippen molar-refractivity contribution in [3.8, 4) is 0 Å². The van der Waals surface area contributed by atoms with E-state index in [0.29, 0.717) is 0 Å². The smallest absolute Gasteiger partial charge is 0.000835 e. The van der Waals surface area contributed by atoms with Crippen LogP contribution in [0.15, 0.2) is 30.3 Å². The molecule has 0 bridgehead atoms. The highest BCUT2D eigenvalue weighted by Gasteiger charge is 2.19. The summed E-state index contributed by atoms with van der Waals surface area (Å²) in [5.41, 5.74) is 1.44. The molecule has 0 aliphatic heterocycles. The number of nitrogens with one attached hydrogen (secondary N) is 1. The van der Waals surface area contributed by atoms with Crippen molar-refractivity contribution in [2.45, 2.75) is 32.1 Å². The Kier molecular flexibility index (Phi) is 4.22. The molecule has 0 radical (unpaired) electrons. The van der Waals surface area contributed by atoms with Gasteiger partial charge in [-0.1, -0.05) is 43.2 Å². The maximum Gasteiger partial charge on any atom is -0.000835 e. The summed E-state index contributed by atoms with van der Waals surface area (Å²) in [6.07, 6.45) is 6.94. The van der Waals surface area contributed by atoms with E-state index in [4.69, 9.17) is 0 Å². The summed E-state index contributed by atoms with van der Waals surface area (Å²) in [5.74, 6) is 1.08. The van der Waals surface area contributed by atoms with Crippen molar-refractivity contribution >= 4 is 0 Å². The summed E-state index contributed by atoms with van der Waals surface area (Å²) in [5, 5.41) is 3.52. The van der Waals surface area contributed by atoms with E-state index in [0.717, 1.165) is 18.9 Å². The molecule has 1 saturated carbocycles. The summed E-state index contributed by atoms with van der Waals surface area (Å²) in [4.78, 5) is 0. The SMILES string of the molecule is c1ccc(CCNCCCC2CC2)cc1. The van der Waals surface area contributed by atoms with Gasteiger partial charge in [-0.3, -0.25) is 0 Å². The highest BCUT2D eigenvalue weighted by Crippen LogP contribution is 2.33. The van der Waals surface area contributed by atoms with Gasteiger partial charge in [-0.15, -0.1) is 0 Å². The molecule has 1 aliphatic rings. The van der Waals surface area contributed by atoms with E-state index in [9.17, 15) is 0 Å². The third-order valence-corrected chi connectivity index (χ3v) is 3.10. The van der Waals surface area contributed by atoms with Crippen molar-refractivity contribution in [1.82, 2.24) is 5.32 Å². The lowest BCUT2D eigenvalue weighted by molar-refractivity contribution is 0.594. The van der Waals surface area contributed by atoms with Gasteiger partial charge in [0.05, 0.1) is 0 Å². The van der Waals surface area contributed by atoms with Crippen molar-refractivity contribution in [2.24, 2.45) is 5.92 Å². The second-order valence-electron chi connectivity index (χ2n) is 4.57. The average molecular weight is 203 g/mol. The second-order valence-corrected chi connectivity index (χ2v) is 4.57. The Labute approximate surface area is 92.9 Å². The third kappa shape index (κ3) is 4.48. The van der Waals surface area contributed by atoms with E-state index >= 15 is 0 Å². The standard InChI is InChI=1S/C14H21N/c1-2-5-13(6-3-1)10-12-15-11-4-7-14-8-9-14/h1-3,5-6,14-15H,4,7-12H2. The molecule has 1 fully saturated rings. The first kappa shape index (κ1) is 10.7. The van der Waals surface area contributed by atoms with E-state index in [1.165, 1.54) is 37.8 Å².